The number of pyridine rings is 1. The Kier molecular flexibility index (Phi) is 4.13. The van der Waals surface area contributed by atoms with Gasteiger partial charge in [0.25, 0.3) is 0 Å². The molecular formula is C10H10BrF3N2O. The number of aryl methyl sites for hydroxylation is 2. The van der Waals surface area contributed by atoms with Crippen LogP contribution < -0.4 is 5.32 Å². The predicted octanol–water partition coefficient (Wildman–Crippen LogP) is 3.05. The third-order valence-corrected chi connectivity index (χ3v) is 2.53. The highest BCUT2D eigenvalue weighted by atomic mass is 79.9. The molecule has 1 aromatic heterocycles. The SMILES string of the molecule is Cc1cc(C(F)(F)F)c(NC(=O)CBr)c(C)n1. The smallest absolute Gasteiger partial charge is 0.323 e. The first-order valence-corrected chi connectivity index (χ1v) is 5.79. The van der Waals surface area contributed by atoms with Crippen molar-refractivity contribution in [3.8, 4) is 0 Å². The molecule has 0 bridgehead atoms. The lowest BCUT2D eigenvalue weighted by Gasteiger charge is -2.16. The molecule has 0 aliphatic heterocycles. The lowest BCUT2D eigenvalue weighted by Crippen LogP contribution is -2.19. The highest BCUT2D eigenvalue weighted by Crippen LogP contribution is 2.36. The van der Waals surface area contributed by atoms with E-state index in [1.165, 1.54) is 13.8 Å². The molecule has 0 aliphatic carbocycles. The van der Waals surface area contributed by atoms with Crippen molar-refractivity contribution >= 4 is 27.5 Å². The first-order chi connectivity index (χ1) is 7.75. The van der Waals surface area contributed by atoms with E-state index in [0.717, 1.165) is 6.07 Å². The number of amides is 1. The van der Waals surface area contributed by atoms with Crippen LogP contribution in [0.2, 0.25) is 0 Å². The van der Waals surface area contributed by atoms with Crippen LogP contribution in [0.5, 0.6) is 0 Å². The monoisotopic (exact) mass is 310 g/mol. The number of nitrogens with zero attached hydrogens (tertiary/aromatic N) is 1. The number of hydrogen-bond acceptors (Lipinski definition) is 2. The van der Waals surface area contributed by atoms with Gasteiger partial charge in [0.05, 0.1) is 22.3 Å². The van der Waals surface area contributed by atoms with Crippen LogP contribution in [0, 0.1) is 13.8 Å². The Morgan fingerprint density at radius 2 is 2.06 bits per heavy atom. The van der Waals surface area contributed by atoms with E-state index in [1.807, 2.05) is 0 Å². The molecule has 0 unspecified atom stereocenters. The van der Waals surface area contributed by atoms with E-state index in [4.69, 9.17) is 0 Å². The molecule has 0 saturated carbocycles. The summed E-state index contributed by atoms with van der Waals surface area (Å²) in [5.74, 6) is -0.552. The lowest BCUT2D eigenvalue weighted by atomic mass is 10.1. The fourth-order valence-corrected chi connectivity index (χ4v) is 1.52. The highest BCUT2D eigenvalue weighted by Gasteiger charge is 2.35. The molecule has 0 radical (unpaired) electrons. The number of rotatable bonds is 2. The number of alkyl halides is 4. The average molecular weight is 311 g/mol. The molecular weight excluding hydrogens is 301 g/mol. The molecule has 0 aliphatic rings. The van der Waals surface area contributed by atoms with Crippen LogP contribution in [0.3, 0.4) is 0 Å². The number of anilines is 1. The van der Waals surface area contributed by atoms with Crippen LogP contribution >= 0.6 is 15.9 Å². The van der Waals surface area contributed by atoms with Gasteiger partial charge in [0.2, 0.25) is 5.91 Å². The van der Waals surface area contributed by atoms with E-state index in [1.54, 1.807) is 0 Å². The molecule has 1 aromatic rings. The van der Waals surface area contributed by atoms with Crippen LogP contribution in [0.25, 0.3) is 0 Å². The Labute approximate surface area is 105 Å². The summed E-state index contributed by atoms with van der Waals surface area (Å²) in [6.45, 7) is 2.89. The Balaban J connectivity index is 3.31. The van der Waals surface area contributed by atoms with Gasteiger partial charge in [-0.05, 0) is 19.9 Å². The fraction of sp³-hybridized carbons (Fsp3) is 0.400. The summed E-state index contributed by atoms with van der Waals surface area (Å²) in [6.07, 6.45) is -4.52. The Morgan fingerprint density at radius 1 is 1.47 bits per heavy atom. The lowest BCUT2D eigenvalue weighted by molar-refractivity contribution is -0.137. The maximum absolute atomic E-state index is 12.8. The first-order valence-electron chi connectivity index (χ1n) is 4.67. The van der Waals surface area contributed by atoms with Crippen molar-refractivity contribution in [3.05, 3.63) is 23.0 Å². The minimum atomic E-state index is -4.52. The van der Waals surface area contributed by atoms with E-state index < -0.39 is 17.6 Å². The maximum Gasteiger partial charge on any atom is 0.418 e. The van der Waals surface area contributed by atoms with Gasteiger partial charge < -0.3 is 5.32 Å². The molecule has 94 valence electrons. The van der Waals surface area contributed by atoms with Crippen molar-refractivity contribution in [3.63, 3.8) is 0 Å². The Morgan fingerprint density at radius 3 is 2.53 bits per heavy atom. The number of carbonyl (C=O) groups excluding carboxylic acids is 1. The second-order valence-corrected chi connectivity index (χ2v) is 4.01. The molecule has 0 spiro atoms. The third kappa shape index (κ3) is 3.42. The van der Waals surface area contributed by atoms with Crippen LogP contribution in [-0.2, 0) is 11.0 Å². The predicted molar refractivity (Wildman–Crippen MR) is 61.1 cm³/mol. The molecule has 0 aromatic carbocycles. The van der Waals surface area contributed by atoms with Crippen molar-refractivity contribution < 1.29 is 18.0 Å². The molecule has 0 saturated heterocycles. The normalized spacial score (nSPS) is 11.4. The van der Waals surface area contributed by atoms with Crippen LogP contribution in [0.1, 0.15) is 17.0 Å². The van der Waals surface area contributed by atoms with Crippen LogP contribution in [-0.4, -0.2) is 16.2 Å². The standard InChI is InChI=1S/C10H10BrF3N2O/c1-5-3-7(10(12,13)14)9(6(2)15-5)16-8(17)4-11/h3H,4H2,1-2H3,(H,16,17). The summed E-state index contributed by atoms with van der Waals surface area (Å²) in [7, 11) is 0. The van der Waals surface area contributed by atoms with Gasteiger partial charge in [-0.3, -0.25) is 9.78 Å². The van der Waals surface area contributed by atoms with Gasteiger partial charge in [-0.2, -0.15) is 13.2 Å². The van der Waals surface area contributed by atoms with E-state index in [-0.39, 0.29) is 22.4 Å². The first kappa shape index (κ1) is 14.0. The van der Waals surface area contributed by atoms with E-state index in [0.29, 0.717) is 0 Å². The summed E-state index contributed by atoms with van der Waals surface area (Å²) in [5, 5.41) is 2.12. The average Bonchev–Trinajstić information content (AvgIpc) is 2.19. The Bertz CT molecular complexity index is 446. The number of halogens is 4. The minimum absolute atomic E-state index is 0.0718. The van der Waals surface area contributed by atoms with Gasteiger partial charge in [0.15, 0.2) is 0 Å². The third-order valence-electron chi connectivity index (χ3n) is 2.02. The van der Waals surface area contributed by atoms with Gasteiger partial charge in [0, 0.05) is 5.69 Å². The van der Waals surface area contributed by atoms with Crippen molar-refractivity contribution in [1.82, 2.24) is 4.98 Å². The van der Waals surface area contributed by atoms with Crippen molar-refractivity contribution in [2.75, 3.05) is 10.6 Å². The number of aromatic nitrogens is 1. The van der Waals surface area contributed by atoms with Gasteiger partial charge in [-0.1, -0.05) is 15.9 Å². The van der Waals surface area contributed by atoms with E-state index >= 15 is 0 Å². The zero-order valence-electron chi connectivity index (χ0n) is 9.15. The number of hydrogen-bond donors (Lipinski definition) is 1. The summed E-state index contributed by atoms with van der Waals surface area (Å²) in [6, 6.07) is 0.914. The second kappa shape index (κ2) is 5.03. The topological polar surface area (TPSA) is 42.0 Å². The fourth-order valence-electron chi connectivity index (χ4n) is 1.38. The molecule has 7 heteroatoms. The van der Waals surface area contributed by atoms with Crippen LogP contribution in [0.15, 0.2) is 6.07 Å². The molecule has 17 heavy (non-hydrogen) atoms. The van der Waals surface area contributed by atoms with E-state index in [2.05, 4.69) is 26.2 Å². The molecule has 3 nitrogen and oxygen atoms in total. The van der Waals surface area contributed by atoms with Gasteiger partial charge in [-0.25, -0.2) is 0 Å². The summed E-state index contributed by atoms with van der Waals surface area (Å²) in [5.41, 5.74) is -0.761. The molecule has 1 heterocycles. The van der Waals surface area contributed by atoms with Crippen LogP contribution in [0.4, 0.5) is 18.9 Å². The van der Waals surface area contributed by atoms with Crippen molar-refractivity contribution in [1.29, 1.82) is 0 Å². The van der Waals surface area contributed by atoms with E-state index in [9.17, 15) is 18.0 Å². The molecule has 0 fully saturated rings. The van der Waals surface area contributed by atoms with Crippen molar-refractivity contribution in [2.24, 2.45) is 0 Å². The second-order valence-electron chi connectivity index (χ2n) is 3.45. The van der Waals surface area contributed by atoms with Crippen molar-refractivity contribution in [2.45, 2.75) is 20.0 Å². The van der Waals surface area contributed by atoms with Gasteiger partial charge >= 0.3 is 6.18 Å². The maximum atomic E-state index is 12.8. The summed E-state index contributed by atoms with van der Waals surface area (Å²) >= 11 is 2.87. The molecule has 0 atom stereocenters. The van der Waals surface area contributed by atoms with Gasteiger partial charge in [0.1, 0.15) is 0 Å². The molecule has 1 rings (SSSR count). The number of carbonyl (C=O) groups is 1. The largest absolute Gasteiger partial charge is 0.418 e. The quantitative estimate of drug-likeness (QED) is 0.853. The zero-order chi connectivity index (χ0) is 13.2. The highest BCUT2D eigenvalue weighted by molar-refractivity contribution is 9.09. The summed E-state index contributed by atoms with van der Waals surface area (Å²) in [4.78, 5) is 15.0. The minimum Gasteiger partial charge on any atom is -0.323 e. The van der Waals surface area contributed by atoms with Gasteiger partial charge in [-0.15, -0.1) is 0 Å². The zero-order valence-corrected chi connectivity index (χ0v) is 10.7. The summed E-state index contributed by atoms with van der Waals surface area (Å²) < 4.78 is 38.3. The molecule has 1 amide bonds. The molecule has 1 N–H and O–H groups in total. The number of nitrogens with one attached hydrogen (secondary N) is 1. The Hall–Kier alpha value is -1.11.